The summed E-state index contributed by atoms with van der Waals surface area (Å²) >= 11 is 0. The highest BCUT2D eigenvalue weighted by molar-refractivity contribution is 6.01. The first-order valence-electron chi connectivity index (χ1n) is 7.06. The molecule has 2 aliphatic rings. The van der Waals surface area contributed by atoms with Crippen LogP contribution >= 0.6 is 0 Å². The van der Waals surface area contributed by atoms with Crippen molar-refractivity contribution in [2.24, 2.45) is 0 Å². The molecule has 1 aromatic carbocycles. The van der Waals surface area contributed by atoms with Crippen molar-refractivity contribution >= 4 is 11.9 Å². The highest BCUT2D eigenvalue weighted by Crippen LogP contribution is 2.32. The molecule has 2 heterocycles. The number of urea groups is 1. The van der Waals surface area contributed by atoms with E-state index < -0.39 is 17.9 Å². The molecule has 0 saturated heterocycles. The second-order valence-electron chi connectivity index (χ2n) is 5.28. The van der Waals surface area contributed by atoms with Crippen molar-refractivity contribution in [2.75, 3.05) is 19.7 Å². The van der Waals surface area contributed by atoms with Gasteiger partial charge in [-0.2, -0.15) is 0 Å². The van der Waals surface area contributed by atoms with Crippen molar-refractivity contribution in [3.8, 4) is 0 Å². The molecule has 3 amide bonds. The van der Waals surface area contributed by atoms with Crippen LogP contribution in [0.3, 0.4) is 0 Å². The minimum Gasteiger partial charge on any atom is -0.396 e. The smallest absolute Gasteiger partial charge is 0.319 e. The summed E-state index contributed by atoms with van der Waals surface area (Å²) in [6.45, 7) is 0.702. The monoisotopic (exact) mass is 305 g/mol. The van der Waals surface area contributed by atoms with E-state index in [1.165, 1.54) is 12.1 Å². The first-order valence-corrected chi connectivity index (χ1v) is 7.06. The Morgan fingerprint density at radius 2 is 2.18 bits per heavy atom. The number of hydrogen-bond acceptors (Lipinski definition) is 3. The highest BCUT2D eigenvalue weighted by atomic mass is 19.1. The lowest BCUT2D eigenvalue weighted by atomic mass is 9.96. The maximum atomic E-state index is 13.4. The van der Waals surface area contributed by atoms with Gasteiger partial charge in [-0.15, -0.1) is 0 Å². The van der Waals surface area contributed by atoms with Gasteiger partial charge in [0.2, 0.25) is 0 Å². The third-order valence-electron chi connectivity index (χ3n) is 3.79. The van der Waals surface area contributed by atoms with Gasteiger partial charge < -0.3 is 20.6 Å². The Hall–Kier alpha value is -2.41. The number of rotatable bonds is 4. The standard InChI is InChI=1S/C15H16FN3O3/c16-10-4-1-3-9(7-10)13-12-11(17-15(22)18-13)8-19(14(12)21)5-2-6-20/h1,3-4,7,13,20H,2,5-6,8H2,(H2,17,18,22). The zero-order chi connectivity index (χ0) is 15.7. The first-order chi connectivity index (χ1) is 10.6. The molecule has 116 valence electrons. The topological polar surface area (TPSA) is 81.7 Å². The molecule has 7 heteroatoms. The van der Waals surface area contributed by atoms with Crippen LogP contribution in [0.4, 0.5) is 9.18 Å². The Bertz CT molecular complexity index is 659. The molecule has 0 fully saturated rings. The molecule has 0 radical (unpaired) electrons. The van der Waals surface area contributed by atoms with Crippen LogP contribution in [0, 0.1) is 5.82 Å². The second kappa shape index (κ2) is 5.76. The van der Waals surface area contributed by atoms with E-state index in [2.05, 4.69) is 10.6 Å². The number of nitrogens with zero attached hydrogens (tertiary/aromatic N) is 1. The first kappa shape index (κ1) is 14.5. The predicted octanol–water partition coefficient (Wildman–Crippen LogP) is 0.658. The molecular weight excluding hydrogens is 289 g/mol. The van der Waals surface area contributed by atoms with Gasteiger partial charge in [-0.3, -0.25) is 4.79 Å². The fraction of sp³-hybridized carbons (Fsp3) is 0.333. The van der Waals surface area contributed by atoms with Crippen LogP contribution in [-0.4, -0.2) is 41.6 Å². The second-order valence-corrected chi connectivity index (χ2v) is 5.28. The Morgan fingerprint density at radius 3 is 2.91 bits per heavy atom. The van der Waals surface area contributed by atoms with E-state index in [9.17, 15) is 14.0 Å². The van der Waals surface area contributed by atoms with E-state index in [0.717, 1.165) is 0 Å². The van der Waals surface area contributed by atoms with Gasteiger partial charge in [0, 0.05) is 13.2 Å². The number of halogens is 1. The molecule has 2 aliphatic heterocycles. The summed E-state index contributed by atoms with van der Waals surface area (Å²) < 4.78 is 13.4. The SMILES string of the molecule is O=C1NC2=C(C(=O)N(CCCO)C2)C(c2cccc(F)c2)N1. The maximum Gasteiger partial charge on any atom is 0.319 e. The summed E-state index contributed by atoms with van der Waals surface area (Å²) in [5.41, 5.74) is 1.50. The van der Waals surface area contributed by atoms with E-state index in [-0.39, 0.29) is 12.5 Å². The summed E-state index contributed by atoms with van der Waals surface area (Å²) in [5, 5.41) is 14.2. The molecule has 0 spiro atoms. The predicted molar refractivity (Wildman–Crippen MR) is 76.1 cm³/mol. The molecule has 0 saturated carbocycles. The van der Waals surface area contributed by atoms with Crippen molar-refractivity contribution < 1.29 is 19.1 Å². The van der Waals surface area contributed by atoms with Gasteiger partial charge in [0.1, 0.15) is 5.82 Å². The molecule has 6 nitrogen and oxygen atoms in total. The van der Waals surface area contributed by atoms with Gasteiger partial charge in [0.25, 0.3) is 5.91 Å². The molecule has 0 bridgehead atoms. The molecule has 1 atom stereocenters. The van der Waals surface area contributed by atoms with E-state index in [0.29, 0.717) is 36.3 Å². The number of carbonyl (C=O) groups is 2. The summed E-state index contributed by atoms with van der Waals surface area (Å²) in [7, 11) is 0. The lowest BCUT2D eigenvalue weighted by Crippen LogP contribution is -2.44. The van der Waals surface area contributed by atoms with Crippen molar-refractivity contribution in [3.63, 3.8) is 0 Å². The van der Waals surface area contributed by atoms with Crippen LogP contribution < -0.4 is 10.6 Å². The van der Waals surface area contributed by atoms with Crippen LogP contribution in [-0.2, 0) is 4.79 Å². The zero-order valence-corrected chi connectivity index (χ0v) is 11.8. The van der Waals surface area contributed by atoms with Crippen LogP contribution in [0.5, 0.6) is 0 Å². The third-order valence-corrected chi connectivity index (χ3v) is 3.79. The number of amides is 3. The normalized spacial score (nSPS) is 20.8. The van der Waals surface area contributed by atoms with E-state index in [1.54, 1.807) is 17.0 Å². The third kappa shape index (κ3) is 2.55. The number of hydrogen-bond donors (Lipinski definition) is 3. The maximum absolute atomic E-state index is 13.4. The Balaban J connectivity index is 1.92. The quantitative estimate of drug-likeness (QED) is 0.764. The summed E-state index contributed by atoms with van der Waals surface area (Å²) in [6.07, 6.45) is 0.471. The van der Waals surface area contributed by atoms with Gasteiger partial charge in [-0.1, -0.05) is 12.1 Å². The zero-order valence-electron chi connectivity index (χ0n) is 11.8. The Labute approximate surface area is 126 Å². The fourth-order valence-corrected chi connectivity index (χ4v) is 2.81. The fourth-order valence-electron chi connectivity index (χ4n) is 2.81. The highest BCUT2D eigenvalue weighted by Gasteiger charge is 2.40. The molecular formula is C15H16FN3O3. The van der Waals surface area contributed by atoms with Crippen molar-refractivity contribution in [2.45, 2.75) is 12.5 Å². The minimum absolute atomic E-state index is 0.00756. The Morgan fingerprint density at radius 1 is 1.36 bits per heavy atom. The van der Waals surface area contributed by atoms with Crippen molar-refractivity contribution in [1.29, 1.82) is 0 Å². The molecule has 22 heavy (non-hydrogen) atoms. The number of benzene rings is 1. The lowest BCUT2D eigenvalue weighted by molar-refractivity contribution is -0.125. The summed E-state index contributed by atoms with van der Waals surface area (Å²) in [5.74, 6) is -0.625. The molecule has 3 rings (SSSR count). The van der Waals surface area contributed by atoms with E-state index >= 15 is 0 Å². The molecule has 0 aromatic heterocycles. The van der Waals surface area contributed by atoms with Crippen LogP contribution in [0.25, 0.3) is 0 Å². The van der Waals surface area contributed by atoms with Crippen LogP contribution in [0.1, 0.15) is 18.0 Å². The van der Waals surface area contributed by atoms with E-state index in [1.807, 2.05) is 0 Å². The van der Waals surface area contributed by atoms with Gasteiger partial charge in [-0.05, 0) is 24.1 Å². The molecule has 3 N–H and O–H groups in total. The number of aliphatic hydroxyl groups is 1. The average molecular weight is 305 g/mol. The van der Waals surface area contributed by atoms with Crippen molar-refractivity contribution in [1.82, 2.24) is 15.5 Å². The number of nitrogens with one attached hydrogen (secondary N) is 2. The van der Waals surface area contributed by atoms with Gasteiger partial charge in [0.15, 0.2) is 0 Å². The molecule has 1 aromatic rings. The minimum atomic E-state index is -0.661. The number of aliphatic hydroxyl groups excluding tert-OH is 1. The lowest BCUT2D eigenvalue weighted by Gasteiger charge is -2.25. The van der Waals surface area contributed by atoms with Crippen LogP contribution in [0.15, 0.2) is 35.5 Å². The van der Waals surface area contributed by atoms with E-state index in [4.69, 9.17) is 5.11 Å². The average Bonchev–Trinajstić information content (AvgIpc) is 2.80. The molecule has 1 unspecified atom stereocenters. The number of carbonyl (C=O) groups excluding carboxylic acids is 2. The van der Waals surface area contributed by atoms with Gasteiger partial charge >= 0.3 is 6.03 Å². The van der Waals surface area contributed by atoms with Crippen LogP contribution in [0.2, 0.25) is 0 Å². The summed E-state index contributed by atoms with van der Waals surface area (Å²) in [4.78, 5) is 25.9. The van der Waals surface area contributed by atoms with Gasteiger partial charge in [0.05, 0.1) is 23.9 Å². The van der Waals surface area contributed by atoms with Gasteiger partial charge in [-0.25, -0.2) is 9.18 Å². The van der Waals surface area contributed by atoms with Crippen molar-refractivity contribution in [3.05, 3.63) is 46.9 Å². The summed E-state index contributed by atoms with van der Waals surface area (Å²) in [6, 6.07) is 4.77. The largest absolute Gasteiger partial charge is 0.396 e. The Kier molecular flexibility index (Phi) is 3.81. The molecule has 0 aliphatic carbocycles.